The number of hydrogen-bond acceptors (Lipinski definition) is 7. The lowest BCUT2D eigenvalue weighted by atomic mass is 10.1. The molecule has 0 amide bonds. The van der Waals surface area contributed by atoms with Crippen molar-refractivity contribution in [2.75, 3.05) is 0 Å². The maximum atomic E-state index is 11.0. The van der Waals surface area contributed by atoms with Gasteiger partial charge in [-0.2, -0.15) is 0 Å². The van der Waals surface area contributed by atoms with Crippen molar-refractivity contribution in [2.45, 2.75) is 52.3 Å². The van der Waals surface area contributed by atoms with E-state index in [9.17, 15) is 14.4 Å². The second-order valence-electron chi connectivity index (χ2n) is 3.97. The fourth-order valence-electron chi connectivity index (χ4n) is 1.72. The van der Waals surface area contributed by atoms with E-state index in [1.54, 1.807) is 6.92 Å². The summed E-state index contributed by atoms with van der Waals surface area (Å²) in [5.74, 6) is -1.68. The molecule has 4 atom stereocenters. The van der Waals surface area contributed by atoms with Crippen molar-refractivity contribution in [1.29, 1.82) is 0 Å². The van der Waals surface area contributed by atoms with Gasteiger partial charge < -0.3 is 18.9 Å². The van der Waals surface area contributed by atoms with E-state index >= 15 is 0 Å². The van der Waals surface area contributed by atoms with Gasteiger partial charge in [0.15, 0.2) is 6.10 Å². The average Bonchev–Trinajstić information content (AvgIpc) is 2.43. The molecule has 7 nitrogen and oxygen atoms in total. The largest absolute Gasteiger partial charge is 0.456 e. The van der Waals surface area contributed by atoms with Gasteiger partial charge in [0.1, 0.15) is 0 Å². The first kappa shape index (κ1) is 14.4. The second-order valence-corrected chi connectivity index (χ2v) is 3.97. The molecule has 0 aromatic carbocycles. The zero-order valence-corrected chi connectivity index (χ0v) is 10.7. The Hall–Kier alpha value is -1.63. The highest BCUT2D eigenvalue weighted by molar-refractivity contribution is 5.68. The highest BCUT2D eigenvalue weighted by atomic mass is 16.7. The van der Waals surface area contributed by atoms with Crippen LogP contribution in [0.1, 0.15) is 27.7 Å². The monoisotopic (exact) mass is 260 g/mol. The van der Waals surface area contributed by atoms with Crippen molar-refractivity contribution in [3.8, 4) is 0 Å². The van der Waals surface area contributed by atoms with Gasteiger partial charge in [0, 0.05) is 20.8 Å². The summed E-state index contributed by atoms with van der Waals surface area (Å²) >= 11 is 0. The third-order valence-corrected chi connectivity index (χ3v) is 2.29. The molecule has 1 aliphatic rings. The van der Waals surface area contributed by atoms with Crippen molar-refractivity contribution in [1.82, 2.24) is 0 Å². The molecule has 0 N–H and O–H groups in total. The molecular weight excluding hydrogens is 244 g/mol. The Morgan fingerprint density at radius 1 is 0.833 bits per heavy atom. The SMILES string of the molecule is CC(=O)O[C@@H]1O[C@H](C)[C@H](OC(C)=O)[C@@H]1OC(C)=O. The van der Waals surface area contributed by atoms with E-state index in [1.807, 2.05) is 0 Å². The molecule has 0 aliphatic carbocycles. The molecule has 1 fully saturated rings. The fourth-order valence-corrected chi connectivity index (χ4v) is 1.72. The molecule has 0 aromatic rings. The highest BCUT2D eigenvalue weighted by Gasteiger charge is 2.49. The third kappa shape index (κ3) is 3.69. The Bertz CT molecular complexity index is 351. The zero-order valence-electron chi connectivity index (χ0n) is 10.7. The lowest BCUT2D eigenvalue weighted by Crippen LogP contribution is -2.40. The van der Waals surface area contributed by atoms with E-state index in [4.69, 9.17) is 18.9 Å². The second kappa shape index (κ2) is 5.81. The quantitative estimate of drug-likeness (QED) is 0.527. The molecule has 0 unspecified atom stereocenters. The molecule has 0 radical (unpaired) electrons. The van der Waals surface area contributed by atoms with Gasteiger partial charge in [-0.15, -0.1) is 0 Å². The Kier molecular flexibility index (Phi) is 4.66. The van der Waals surface area contributed by atoms with Crippen LogP contribution in [0.5, 0.6) is 0 Å². The minimum absolute atomic E-state index is 0.531. The summed E-state index contributed by atoms with van der Waals surface area (Å²) < 4.78 is 20.2. The van der Waals surface area contributed by atoms with Crippen molar-refractivity contribution in [2.24, 2.45) is 0 Å². The maximum Gasteiger partial charge on any atom is 0.305 e. The molecule has 1 aliphatic heterocycles. The predicted molar refractivity (Wildman–Crippen MR) is 57.2 cm³/mol. The van der Waals surface area contributed by atoms with Gasteiger partial charge in [-0.3, -0.25) is 14.4 Å². The average molecular weight is 260 g/mol. The van der Waals surface area contributed by atoms with E-state index in [0.717, 1.165) is 0 Å². The van der Waals surface area contributed by atoms with Crippen molar-refractivity contribution in [3.05, 3.63) is 0 Å². The van der Waals surface area contributed by atoms with Crippen LogP contribution < -0.4 is 0 Å². The van der Waals surface area contributed by atoms with Crippen LogP contribution in [0.15, 0.2) is 0 Å². The Balaban J connectivity index is 2.83. The van der Waals surface area contributed by atoms with Crippen molar-refractivity contribution < 1.29 is 33.3 Å². The molecule has 0 spiro atoms. The van der Waals surface area contributed by atoms with Gasteiger partial charge in [-0.1, -0.05) is 0 Å². The summed E-state index contributed by atoms with van der Waals surface area (Å²) in [4.78, 5) is 32.9. The van der Waals surface area contributed by atoms with Crippen LogP contribution in [0, 0.1) is 0 Å². The summed E-state index contributed by atoms with van der Waals surface area (Å²) in [6, 6.07) is 0. The summed E-state index contributed by atoms with van der Waals surface area (Å²) in [5, 5.41) is 0. The molecule has 1 heterocycles. The van der Waals surface area contributed by atoms with Gasteiger partial charge in [0.25, 0.3) is 0 Å². The molecule has 0 saturated carbocycles. The third-order valence-electron chi connectivity index (χ3n) is 2.29. The van der Waals surface area contributed by atoms with Crippen LogP contribution in [0.2, 0.25) is 0 Å². The van der Waals surface area contributed by atoms with Crippen LogP contribution in [-0.2, 0) is 33.3 Å². The van der Waals surface area contributed by atoms with Crippen molar-refractivity contribution >= 4 is 17.9 Å². The number of esters is 3. The zero-order chi connectivity index (χ0) is 13.9. The fraction of sp³-hybridized carbons (Fsp3) is 0.727. The first-order chi connectivity index (χ1) is 8.31. The van der Waals surface area contributed by atoms with E-state index < -0.39 is 42.5 Å². The smallest absolute Gasteiger partial charge is 0.305 e. The number of carbonyl (C=O) groups is 3. The Morgan fingerprint density at radius 2 is 1.28 bits per heavy atom. The van der Waals surface area contributed by atoms with Gasteiger partial charge >= 0.3 is 17.9 Å². The normalized spacial score (nSPS) is 30.7. The number of carbonyl (C=O) groups excluding carboxylic acids is 3. The minimum atomic E-state index is -1.06. The maximum absolute atomic E-state index is 11.0. The highest BCUT2D eigenvalue weighted by Crippen LogP contribution is 2.27. The molecule has 1 rings (SSSR count). The molecule has 102 valence electrons. The van der Waals surface area contributed by atoms with Gasteiger partial charge in [0.05, 0.1) is 6.10 Å². The molecule has 0 aromatic heterocycles. The minimum Gasteiger partial charge on any atom is -0.456 e. The number of ether oxygens (including phenoxy) is 4. The summed E-state index contributed by atoms with van der Waals surface area (Å²) in [7, 11) is 0. The summed E-state index contributed by atoms with van der Waals surface area (Å²) in [6.45, 7) is 5.28. The molecule has 7 heteroatoms. The Labute approximate surface area is 104 Å². The molecular formula is C11H16O7. The van der Waals surface area contributed by atoms with Crippen molar-refractivity contribution in [3.63, 3.8) is 0 Å². The topological polar surface area (TPSA) is 88.1 Å². The molecule has 0 bridgehead atoms. The van der Waals surface area contributed by atoms with E-state index in [1.165, 1.54) is 20.8 Å². The van der Waals surface area contributed by atoms with E-state index in [-0.39, 0.29) is 0 Å². The van der Waals surface area contributed by atoms with Gasteiger partial charge in [-0.25, -0.2) is 0 Å². The molecule has 18 heavy (non-hydrogen) atoms. The lowest BCUT2D eigenvalue weighted by Gasteiger charge is -2.22. The summed E-state index contributed by atoms with van der Waals surface area (Å²) in [6.07, 6.45) is -3.35. The summed E-state index contributed by atoms with van der Waals surface area (Å²) in [5.41, 5.74) is 0. The number of hydrogen-bond donors (Lipinski definition) is 0. The first-order valence-corrected chi connectivity index (χ1v) is 5.48. The number of rotatable bonds is 3. The predicted octanol–water partition coefficient (Wildman–Crippen LogP) is 0.158. The van der Waals surface area contributed by atoms with Crippen LogP contribution in [-0.4, -0.2) is 42.5 Å². The van der Waals surface area contributed by atoms with E-state index in [0.29, 0.717) is 0 Å². The first-order valence-electron chi connectivity index (χ1n) is 5.48. The standard InChI is InChI=1S/C11H16O7/c1-5-9(16-6(2)12)10(17-7(3)13)11(15-5)18-8(4)14/h5,9-11H,1-4H3/t5-,9+,10+,11+/m1/s1. The van der Waals surface area contributed by atoms with Gasteiger partial charge in [0.2, 0.25) is 12.4 Å². The van der Waals surface area contributed by atoms with Crippen LogP contribution in [0.4, 0.5) is 0 Å². The van der Waals surface area contributed by atoms with Gasteiger partial charge in [-0.05, 0) is 6.92 Å². The Morgan fingerprint density at radius 3 is 1.72 bits per heavy atom. The molecule has 1 saturated heterocycles. The van der Waals surface area contributed by atoms with E-state index in [2.05, 4.69) is 0 Å². The van der Waals surface area contributed by atoms with Crippen LogP contribution >= 0.6 is 0 Å². The van der Waals surface area contributed by atoms with Crippen LogP contribution in [0.25, 0.3) is 0 Å². The van der Waals surface area contributed by atoms with Crippen LogP contribution in [0.3, 0.4) is 0 Å². The lowest BCUT2D eigenvalue weighted by molar-refractivity contribution is -0.194.